The van der Waals surface area contributed by atoms with Crippen LogP contribution in [-0.2, 0) is 0 Å². The molecule has 0 aliphatic carbocycles. The molecule has 0 radical (unpaired) electrons. The minimum absolute atomic E-state index is 0.00870. The van der Waals surface area contributed by atoms with Crippen molar-refractivity contribution in [3.05, 3.63) is 28.6 Å². The van der Waals surface area contributed by atoms with Crippen molar-refractivity contribution in [3.63, 3.8) is 0 Å². The molecular formula is C7H4BrN3O2. The van der Waals surface area contributed by atoms with Gasteiger partial charge in [0.05, 0.1) is 4.47 Å². The molecule has 0 unspecified atom stereocenters. The summed E-state index contributed by atoms with van der Waals surface area (Å²) in [5.74, 6) is -1.05. The van der Waals surface area contributed by atoms with Crippen molar-refractivity contribution in [1.82, 2.24) is 14.6 Å². The highest BCUT2D eigenvalue weighted by Gasteiger charge is 2.08. The highest BCUT2D eigenvalue weighted by Crippen LogP contribution is 2.09. The average Bonchev–Trinajstić information content (AvgIpc) is 2.46. The predicted octanol–water partition coefficient (Wildman–Crippen LogP) is 1.19. The van der Waals surface area contributed by atoms with Crippen molar-refractivity contribution in [3.8, 4) is 0 Å². The van der Waals surface area contributed by atoms with E-state index in [1.54, 1.807) is 12.4 Å². The summed E-state index contributed by atoms with van der Waals surface area (Å²) < 4.78 is 2.16. The predicted molar refractivity (Wildman–Crippen MR) is 47.6 cm³/mol. The number of halogens is 1. The van der Waals surface area contributed by atoms with E-state index in [9.17, 15) is 4.79 Å². The SMILES string of the molecule is O=C(O)c1cc2ncc(Br)cn2n1. The zero-order chi connectivity index (χ0) is 9.42. The van der Waals surface area contributed by atoms with Gasteiger partial charge < -0.3 is 5.11 Å². The number of nitrogens with zero attached hydrogens (tertiary/aromatic N) is 3. The Bertz CT molecular complexity index is 480. The molecule has 0 fully saturated rings. The van der Waals surface area contributed by atoms with E-state index in [2.05, 4.69) is 26.0 Å². The highest BCUT2D eigenvalue weighted by molar-refractivity contribution is 9.10. The summed E-state index contributed by atoms with van der Waals surface area (Å²) in [6.07, 6.45) is 3.23. The molecule has 2 aromatic rings. The van der Waals surface area contributed by atoms with Gasteiger partial charge in [0.2, 0.25) is 0 Å². The van der Waals surface area contributed by atoms with Crippen LogP contribution in [-0.4, -0.2) is 25.7 Å². The van der Waals surface area contributed by atoms with Crippen molar-refractivity contribution in [2.24, 2.45) is 0 Å². The lowest BCUT2D eigenvalue weighted by Crippen LogP contribution is -1.97. The molecule has 0 saturated heterocycles. The van der Waals surface area contributed by atoms with E-state index in [1.807, 2.05) is 0 Å². The first-order valence-corrected chi connectivity index (χ1v) is 4.20. The Morgan fingerprint density at radius 1 is 1.62 bits per heavy atom. The van der Waals surface area contributed by atoms with E-state index in [0.29, 0.717) is 5.65 Å². The topological polar surface area (TPSA) is 67.5 Å². The third-order valence-corrected chi connectivity index (χ3v) is 1.91. The Labute approximate surface area is 81.1 Å². The first-order chi connectivity index (χ1) is 6.16. The van der Waals surface area contributed by atoms with Crippen LogP contribution in [0.1, 0.15) is 10.5 Å². The number of hydrogen-bond donors (Lipinski definition) is 1. The number of hydrogen-bond acceptors (Lipinski definition) is 3. The van der Waals surface area contributed by atoms with Crippen LogP contribution < -0.4 is 0 Å². The van der Waals surface area contributed by atoms with Crippen molar-refractivity contribution in [1.29, 1.82) is 0 Å². The molecule has 2 heterocycles. The Kier molecular flexibility index (Phi) is 1.77. The summed E-state index contributed by atoms with van der Waals surface area (Å²) in [4.78, 5) is 14.5. The van der Waals surface area contributed by atoms with E-state index in [1.165, 1.54) is 10.6 Å². The normalized spacial score (nSPS) is 10.5. The summed E-state index contributed by atoms with van der Waals surface area (Å²) in [6, 6.07) is 1.41. The van der Waals surface area contributed by atoms with E-state index < -0.39 is 5.97 Å². The molecule has 0 amide bonds. The second-order valence-electron chi connectivity index (χ2n) is 2.41. The third kappa shape index (κ3) is 1.40. The highest BCUT2D eigenvalue weighted by atomic mass is 79.9. The van der Waals surface area contributed by atoms with Gasteiger partial charge in [-0.15, -0.1) is 0 Å². The van der Waals surface area contributed by atoms with Crippen LogP contribution in [0.5, 0.6) is 0 Å². The molecular weight excluding hydrogens is 238 g/mol. The Morgan fingerprint density at radius 2 is 2.38 bits per heavy atom. The molecule has 0 atom stereocenters. The number of aromatic carboxylic acids is 1. The third-order valence-electron chi connectivity index (χ3n) is 1.50. The zero-order valence-corrected chi connectivity index (χ0v) is 7.89. The van der Waals surface area contributed by atoms with Crippen molar-refractivity contribution >= 4 is 27.5 Å². The van der Waals surface area contributed by atoms with Crippen molar-refractivity contribution in [2.45, 2.75) is 0 Å². The molecule has 0 aliphatic rings. The fourth-order valence-corrected chi connectivity index (χ4v) is 1.25. The fraction of sp³-hybridized carbons (Fsp3) is 0. The zero-order valence-electron chi connectivity index (χ0n) is 6.31. The number of aromatic nitrogens is 3. The molecule has 1 N–H and O–H groups in total. The van der Waals surface area contributed by atoms with E-state index >= 15 is 0 Å². The largest absolute Gasteiger partial charge is 0.476 e. The molecule has 2 rings (SSSR count). The van der Waals surface area contributed by atoms with Gasteiger partial charge in [-0.05, 0) is 15.9 Å². The second kappa shape index (κ2) is 2.81. The fourth-order valence-electron chi connectivity index (χ4n) is 0.958. The second-order valence-corrected chi connectivity index (χ2v) is 3.33. The van der Waals surface area contributed by atoms with Gasteiger partial charge in [0.1, 0.15) is 0 Å². The Hall–Kier alpha value is -1.43. The van der Waals surface area contributed by atoms with Crippen LogP contribution in [0.3, 0.4) is 0 Å². The molecule has 66 valence electrons. The molecule has 13 heavy (non-hydrogen) atoms. The van der Waals surface area contributed by atoms with Crippen LogP contribution >= 0.6 is 15.9 Å². The maximum absolute atomic E-state index is 10.5. The van der Waals surface area contributed by atoms with Gasteiger partial charge in [0.15, 0.2) is 11.3 Å². The smallest absolute Gasteiger partial charge is 0.356 e. The lowest BCUT2D eigenvalue weighted by molar-refractivity contribution is 0.0690. The summed E-state index contributed by atoms with van der Waals surface area (Å²) in [7, 11) is 0. The van der Waals surface area contributed by atoms with Gasteiger partial charge >= 0.3 is 5.97 Å². The van der Waals surface area contributed by atoms with Gasteiger partial charge in [-0.3, -0.25) is 0 Å². The van der Waals surface area contributed by atoms with Crippen LogP contribution in [0.25, 0.3) is 5.65 Å². The average molecular weight is 242 g/mol. The maximum atomic E-state index is 10.5. The standard InChI is InChI=1S/C7H4BrN3O2/c8-4-2-9-6-1-5(7(12)13)10-11(6)3-4/h1-3H,(H,12,13). The summed E-state index contributed by atoms with van der Waals surface area (Å²) in [5.41, 5.74) is 0.506. The van der Waals surface area contributed by atoms with Gasteiger partial charge in [0.25, 0.3) is 0 Å². The van der Waals surface area contributed by atoms with Crippen LogP contribution in [0.4, 0.5) is 0 Å². The summed E-state index contributed by atoms with van der Waals surface area (Å²) >= 11 is 3.21. The molecule has 0 spiro atoms. The number of carboxylic acid groups (broad SMARTS) is 1. The van der Waals surface area contributed by atoms with E-state index in [0.717, 1.165) is 4.47 Å². The number of carbonyl (C=O) groups is 1. The monoisotopic (exact) mass is 241 g/mol. The lowest BCUT2D eigenvalue weighted by atomic mass is 10.4. The molecule has 0 saturated carbocycles. The van der Waals surface area contributed by atoms with Crippen molar-refractivity contribution < 1.29 is 9.90 Å². The Morgan fingerprint density at radius 3 is 3.08 bits per heavy atom. The molecule has 0 bridgehead atoms. The van der Waals surface area contributed by atoms with E-state index in [4.69, 9.17) is 5.11 Å². The molecule has 0 aliphatic heterocycles. The van der Waals surface area contributed by atoms with Crippen LogP contribution in [0.15, 0.2) is 22.9 Å². The molecule has 0 aromatic carbocycles. The minimum Gasteiger partial charge on any atom is -0.476 e. The number of carboxylic acids is 1. The first-order valence-electron chi connectivity index (χ1n) is 3.41. The lowest BCUT2D eigenvalue weighted by Gasteiger charge is -1.90. The molecule has 6 heteroatoms. The van der Waals surface area contributed by atoms with Gasteiger partial charge in [-0.25, -0.2) is 14.3 Å². The van der Waals surface area contributed by atoms with Gasteiger partial charge in [-0.1, -0.05) is 0 Å². The van der Waals surface area contributed by atoms with E-state index in [-0.39, 0.29) is 5.69 Å². The maximum Gasteiger partial charge on any atom is 0.356 e. The molecule has 2 aromatic heterocycles. The first kappa shape index (κ1) is 8.18. The number of fused-ring (bicyclic) bond motifs is 1. The van der Waals surface area contributed by atoms with Crippen LogP contribution in [0.2, 0.25) is 0 Å². The Balaban J connectivity index is 2.68. The van der Waals surface area contributed by atoms with Crippen LogP contribution in [0, 0.1) is 0 Å². The quantitative estimate of drug-likeness (QED) is 0.815. The minimum atomic E-state index is -1.05. The summed E-state index contributed by atoms with van der Waals surface area (Å²) in [5, 5.41) is 12.4. The van der Waals surface area contributed by atoms with Gasteiger partial charge in [0, 0.05) is 18.5 Å². The van der Waals surface area contributed by atoms with Gasteiger partial charge in [-0.2, -0.15) is 5.10 Å². The number of rotatable bonds is 1. The summed E-state index contributed by atoms with van der Waals surface area (Å²) in [6.45, 7) is 0. The van der Waals surface area contributed by atoms with Crippen molar-refractivity contribution in [2.75, 3.05) is 0 Å². The molecule has 5 nitrogen and oxygen atoms in total.